The molecule has 2 heterocycles. The maximum Gasteiger partial charge on any atom is 0.239 e. The molecular formula is C12H19N5S2. The van der Waals surface area contributed by atoms with Crippen LogP contribution >= 0.6 is 23.1 Å². The minimum Gasteiger partial charge on any atom is -0.309 e. The van der Waals surface area contributed by atoms with Crippen LogP contribution in [0.25, 0.3) is 10.2 Å². The summed E-state index contributed by atoms with van der Waals surface area (Å²) in [5, 5.41) is 2.15. The summed E-state index contributed by atoms with van der Waals surface area (Å²) >= 11 is 3.46. The van der Waals surface area contributed by atoms with Gasteiger partial charge < -0.3 is 4.90 Å². The van der Waals surface area contributed by atoms with Crippen LogP contribution in [0.3, 0.4) is 0 Å². The summed E-state index contributed by atoms with van der Waals surface area (Å²) in [4.78, 5) is 13.4. The van der Waals surface area contributed by atoms with E-state index in [1.807, 2.05) is 0 Å². The van der Waals surface area contributed by atoms with Crippen LogP contribution in [-0.2, 0) is 6.42 Å². The number of fused-ring (bicyclic) bond motifs is 1. The SMILES string of the molecule is CCc1cc2c(SCCN(C)C)nc(NN)nc2s1. The van der Waals surface area contributed by atoms with Gasteiger partial charge in [0.2, 0.25) is 5.95 Å². The van der Waals surface area contributed by atoms with Crippen LogP contribution in [0.15, 0.2) is 11.1 Å². The maximum atomic E-state index is 5.44. The summed E-state index contributed by atoms with van der Waals surface area (Å²) in [7, 11) is 4.14. The van der Waals surface area contributed by atoms with Gasteiger partial charge in [-0.05, 0) is 26.6 Å². The molecule has 0 aromatic carbocycles. The van der Waals surface area contributed by atoms with Crippen molar-refractivity contribution in [3.63, 3.8) is 0 Å². The Kier molecular flexibility index (Phi) is 4.98. The minimum absolute atomic E-state index is 0.490. The molecule has 0 saturated carbocycles. The highest BCUT2D eigenvalue weighted by Crippen LogP contribution is 2.32. The van der Waals surface area contributed by atoms with Gasteiger partial charge in [-0.1, -0.05) is 6.92 Å². The molecular weight excluding hydrogens is 278 g/mol. The summed E-state index contributed by atoms with van der Waals surface area (Å²) in [5.41, 5.74) is 2.55. The van der Waals surface area contributed by atoms with Gasteiger partial charge in [-0.15, -0.1) is 23.1 Å². The molecule has 104 valence electrons. The number of thioether (sulfide) groups is 1. The van der Waals surface area contributed by atoms with Gasteiger partial charge in [0.1, 0.15) is 9.86 Å². The number of aryl methyl sites for hydroxylation is 1. The van der Waals surface area contributed by atoms with E-state index in [4.69, 9.17) is 5.84 Å². The fourth-order valence-electron chi connectivity index (χ4n) is 1.62. The molecule has 2 aromatic rings. The first-order valence-electron chi connectivity index (χ1n) is 6.18. The molecule has 0 radical (unpaired) electrons. The number of hydrazine groups is 1. The fourth-order valence-corrected chi connectivity index (χ4v) is 3.76. The molecule has 7 heteroatoms. The predicted molar refractivity (Wildman–Crippen MR) is 83.9 cm³/mol. The molecule has 0 aliphatic carbocycles. The molecule has 0 saturated heterocycles. The second kappa shape index (κ2) is 6.51. The van der Waals surface area contributed by atoms with Crippen LogP contribution in [0.4, 0.5) is 5.95 Å². The Labute approximate surface area is 121 Å². The van der Waals surface area contributed by atoms with Crippen LogP contribution in [0.5, 0.6) is 0 Å². The number of nitrogens with two attached hydrogens (primary N) is 1. The van der Waals surface area contributed by atoms with Crippen LogP contribution in [0.1, 0.15) is 11.8 Å². The van der Waals surface area contributed by atoms with Crippen molar-refractivity contribution >= 4 is 39.3 Å². The molecule has 2 aromatic heterocycles. The average molecular weight is 297 g/mol. The standard InChI is InChI=1S/C12H19N5S2/c1-4-8-7-9-10(18-6-5-17(2)3)14-12(16-13)15-11(9)19-8/h7H,4-6,13H2,1-3H3,(H,14,15,16). The van der Waals surface area contributed by atoms with E-state index < -0.39 is 0 Å². The van der Waals surface area contributed by atoms with Crippen molar-refractivity contribution in [2.24, 2.45) is 5.84 Å². The van der Waals surface area contributed by atoms with Gasteiger partial charge >= 0.3 is 0 Å². The van der Waals surface area contributed by atoms with E-state index in [-0.39, 0.29) is 0 Å². The highest BCUT2D eigenvalue weighted by Gasteiger charge is 2.11. The molecule has 0 spiro atoms. The van der Waals surface area contributed by atoms with Crippen LogP contribution in [0, 0.1) is 0 Å². The molecule has 0 atom stereocenters. The summed E-state index contributed by atoms with van der Waals surface area (Å²) < 4.78 is 0. The molecule has 0 fully saturated rings. The van der Waals surface area contributed by atoms with Gasteiger partial charge in [-0.3, -0.25) is 5.43 Å². The zero-order chi connectivity index (χ0) is 13.8. The van der Waals surface area contributed by atoms with Gasteiger partial charge in [0.25, 0.3) is 0 Å². The third kappa shape index (κ3) is 3.56. The van der Waals surface area contributed by atoms with Crippen LogP contribution in [-0.4, -0.2) is 41.3 Å². The zero-order valence-corrected chi connectivity index (χ0v) is 13.1. The number of thiophene rings is 1. The molecule has 5 nitrogen and oxygen atoms in total. The van der Waals surface area contributed by atoms with Gasteiger partial charge in [0.15, 0.2) is 0 Å². The highest BCUT2D eigenvalue weighted by molar-refractivity contribution is 7.99. The summed E-state index contributed by atoms with van der Waals surface area (Å²) in [6.45, 7) is 3.17. The van der Waals surface area contributed by atoms with Gasteiger partial charge in [0.05, 0.1) is 0 Å². The minimum atomic E-state index is 0.490. The lowest BCUT2D eigenvalue weighted by atomic mass is 10.3. The smallest absolute Gasteiger partial charge is 0.239 e. The average Bonchev–Trinajstić information content (AvgIpc) is 2.81. The lowest BCUT2D eigenvalue weighted by molar-refractivity contribution is 0.437. The van der Waals surface area contributed by atoms with Crippen molar-refractivity contribution in [1.82, 2.24) is 14.9 Å². The van der Waals surface area contributed by atoms with E-state index in [1.165, 1.54) is 4.88 Å². The zero-order valence-electron chi connectivity index (χ0n) is 11.4. The molecule has 3 N–H and O–H groups in total. The topological polar surface area (TPSA) is 67.1 Å². The summed E-state index contributed by atoms with van der Waals surface area (Å²) in [6, 6.07) is 2.19. The molecule has 0 bridgehead atoms. The van der Waals surface area contributed by atoms with Crippen molar-refractivity contribution < 1.29 is 0 Å². The number of nitrogens with zero attached hydrogens (tertiary/aromatic N) is 3. The molecule has 0 aliphatic rings. The monoisotopic (exact) mass is 297 g/mol. The Bertz CT molecular complexity index is 552. The van der Waals surface area contributed by atoms with E-state index in [9.17, 15) is 0 Å². The van der Waals surface area contributed by atoms with Crippen molar-refractivity contribution in [1.29, 1.82) is 0 Å². The lowest BCUT2D eigenvalue weighted by Crippen LogP contribution is -2.15. The second-order valence-corrected chi connectivity index (χ2v) is 6.63. The van der Waals surface area contributed by atoms with Crippen LogP contribution < -0.4 is 11.3 Å². The van der Waals surface area contributed by atoms with Crippen molar-refractivity contribution in [2.75, 3.05) is 31.8 Å². The summed E-state index contributed by atoms with van der Waals surface area (Å²) in [5.74, 6) is 6.93. The Balaban J connectivity index is 2.30. The quantitative estimate of drug-likeness (QED) is 0.369. The number of aromatic nitrogens is 2. The van der Waals surface area contributed by atoms with Gasteiger partial charge in [0, 0.05) is 22.6 Å². The van der Waals surface area contributed by atoms with Crippen molar-refractivity contribution in [2.45, 2.75) is 18.4 Å². The normalized spacial score (nSPS) is 11.4. The Morgan fingerprint density at radius 1 is 1.42 bits per heavy atom. The molecule has 2 rings (SSSR count). The van der Waals surface area contributed by atoms with Gasteiger partial charge in [-0.25, -0.2) is 15.8 Å². The Hall–Kier alpha value is -0.890. The first kappa shape index (κ1) is 14.5. The van der Waals surface area contributed by atoms with E-state index in [0.717, 1.165) is 34.0 Å². The van der Waals surface area contributed by atoms with E-state index in [0.29, 0.717) is 5.95 Å². The van der Waals surface area contributed by atoms with Crippen molar-refractivity contribution in [3.05, 3.63) is 10.9 Å². The first-order chi connectivity index (χ1) is 9.13. The number of hydrogen-bond donors (Lipinski definition) is 2. The lowest BCUT2D eigenvalue weighted by Gasteiger charge is -2.09. The van der Waals surface area contributed by atoms with E-state index in [2.05, 4.69) is 47.4 Å². The molecule has 0 aliphatic heterocycles. The highest BCUT2D eigenvalue weighted by atomic mass is 32.2. The number of nitrogen functional groups attached to an aromatic ring is 1. The predicted octanol–water partition coefficient (Wildman–Crippen LogP) is 2.19. The largest absolute Gasteiger partial charge is 0.309 e. The number of anilines is 1. The van der Waals surface area contributed by atoms with E-state index in [1.54, 1.807) is 23.1 Å². The van der Waals surface area contributed by atoms with Gasteiger partial charge in [-0.2, -0.15) is 0 Å². The first-order valence-corrected chi connectivity index (χ1v) is 7.98. The van der Waals surface area contributed by atoms with Crippen molar-refractivity contribution in [3.8, 4) is 0 Å². The van der Waals surface area contributed by atoms with Crippen LogP contribution in [0.2, 0.25) is 0 Å². The fraction of sp³-hybridized carbons (Fsp3) is 0.500. The third-order valence-corrected chi connectivity index (χ3v) is 4.81. The molecule has 0 unspecified atom stereocenters. The third-order valence-electron chi connectivity index (χ3n) is 2.66. The van der Waals surface area contributed by atoms with E-state index >= 15 is 0 Å². The number of nitrogens with one attached hydrogen (secondary N) is 1. The molecule has 19 heavy (non-hydrogen) atoms. The Morgan fingerprint density at radius 3 is 2.84 bits per heavy atom. The second-order valence-electron chi connectivity index (χ2n) is 4.43. The molecule has 0 amide bonds. The maximum absolute atomic E-state index is 5.44. The number of hydrogen-bond acceptors (Lipinski definition) is 7. The Morgan fingerprint density at radius 2 is 2.21 bits per heavy atom. The number of rotatable bonds is 6. The summed E-state index contributed by atoms with van der Waals surface area (Å²) in [6.07, 6.45) is 1.02.